The van der Waals surface area contributed by atoms with Gasteiger partial charge in [-0.3, -0.25) is 0 Å². The molecule has 0 spiro atoms. The molecular formula is C7H12O. The molecule has 46 valence electrons. The van der Waals surface area contributed by atoms with Crippen LogP contribution >= 0.6 is 0 Å². The second kappa shape index (κ2) is 4.60. The van der Waals surface area contributed by atoms with Gasteiger partial charge in [0, 0.05) is 6.61 Å². The highest BCUT2D eigenvalue weighted by atomic mass is 16.2. The average molecular weight is 112 g/mol. The molecule has 0 aromatic heterocycles. The Morgan fingerprint density at radius 2 is 2.38 bits per heavy atom. The molecular weight excluding hydrogens is 100 g/mol. The van der Waals surface area contributed by atoms with Crippen molar-refractivity contribution in [1.82, 2.24) is 0 Å². The molecule has 0 saturated carbocycles. The summed E-state index contributed by atoms with van der Waals surface area (Å²) in [5, 5.41) is 8.39. The van der Waals surface area contributed by atoms with E-state index in [1.807, 2.05) is 13.0 Å². The summed E-state index contributed by atoms with van der Waals surface area (Å²) < 4.78 is 0. The molecule has 1 N–H and O–H groups in total. The first kappa shape index (κ1) is 7.44. The molecule has 0 aliphatic carbocycles. The Morgan fingerprint density at radius 3 is 2.75 bits per heavy atom. The number of rotatable bonds is 3. The van der Waals surface area contributed by atoms with Gasteiger partial charge in [-0.1, -0.05) is 24.3 Å². The van der Waals surface area contributed by atoms with Gasteiger partial charge in [0.2, 0.25) is 0 Å². The van der Waals surface area contributed by atoms with Crippen LogP contribution in [0.15, 0.2) is 24.3 Å². The van der Waals surface area contributed by atoms with Crippen LogP contribution in [-0.4, -0.2) is 11.7 Å². The molecule has 0 amide bonds. The molecule has 1 nitrogen and oxygen atoms in total. The highest BCUT2D eigenvalue weighted by molar-refractivity contribution is 5.07. The van der Waals surface area contributed by atoms with Gasteiger partial charge < -0.3 is 5.11 Å². The quantitative estimate of drug-likeness (QED) is 0.548. The number of hydrogen-bond donors (Lipinski definition) is 1. The Kier molecular flexibility index (Phi) is 4.27. The fraction of sp³-hybridized carbons (Fsp3) is 0.429. The Balaban J connectivity index is 3.44. The minimum Gasteiger partial charge on any atom is -0.396 e. The molecule has 0 atom stereocenters. The van der Waals surface area contributed by atoms with Crippen LogP contribution in [0, 0.1) is 0 Å². The van der Waals surface area contributed by atoms with Crippen LogP contribution in [0.4, 0.5) is 0 Å². The van der Waals surface area contributed by atoms with Gasteiger partial charge in [-0.05, 0) is 13.3 Å². The number of aliphatic hydroxyl groups is 1. The van der Waals surface area contributed by atoms with E-state index in [0.717, 1.165) is 6.42 Å². The van der Waals surface area contributed by atoms with Crippen molar-refractivity contribution in [1.29, 1.82) is 0 Å². The van der Waals surface area contributed by atoms with E-state index in [1.165, 1.54) is 5.57 Å². The van der Waals surface area contributed by atoms with E-state index in [9.17, 15) is 0 Å². The monoisotopic (exact) mass is 112 g/mol. The fourth-order valence-electron chi connectivity index (χ4n) is 0.461. The second-order valence-electron chi connectivity index (χ2n) is 1.72. The van der Waals surface area contributed by atoms with Crippen LogP contribution in [0.1, 0.15) is 13.3 Å². The third kappa shape index (κ3) is 3.62. The highest BCUT2D eigenvalue weighted by Gasteiger charge is 1.81. The van der Waals surface area contributed by atoms with Crippen LogP contribution in [-0.2, 0) is 0 Å². The summed E-state index contributed by atoms with van der Waals surface area (Å²) in [7, 11) is 0. The maximum atomic E-state index is 8.39. The van der Waals surface area contributed by atoms with E-state index in [0.29, 0.717) is 0 Å². The third-order valence-corrected chi connectivity index (χ3v) is 0.909. The van der Waals surface area contributed by atoms with Crippen molar-refractivity contribution in [3.8, 4) is 0 Å². The normalized spacial score (nSPS) is 11.5. The molecule has 1 heteroatoms. The predicted molar refractivity (Wildman–Crippen MR) is 35.7 cm³/mol. The lowest BCUT2D eigenvalue weighted by atomic mass is 10.2. The first-order valence-corrected chi connectivity index (χ1v) is 2.70. The summed E-state index contributed by atoms with van der Waals surface area (Å²) in [6.07, 6.45) is 4.38. The fourth-order valence-corrected chi connectivity index (χ4v) is 0.461. The van der Waals surface area contributed by atoms with Crippen LogP contribution < -0.4 is 0 Å². The number of aliphatic hydroxyl groups excluding tert-OH is 1. The van der Waals surface area contributed by atoms with Crippen molar-refractivity contribution in [2.24, 2.45) is 0 Å². The maximum Gasteiger partial charge on any atom is 0.0468 e. The van der Waals surface area contributed by atoms with Crippen molar-refractivity contribution >= 4 is 0 Å². The van der Waals surface area contributed by atoms with Crippen molar-refractivity contribution in [2.45, 2.75) is 13.3 Å². The van der Waals surface area contributed by atoms with Crippen LogP contribution in [0.25, 0.3) is 0 Å². The summed E-state index contributed by atoms with van der Waals surface area (Å²) >= 11 is 0. The largest absolute Gasteiger partial charge is 0.396 e. The molecule has 0 aromatic rings. The van der Waals surface area contributed by atoms with Crippen molar-refractivity contribution in [2.75, 3.05) is 6.61 Å². The lowest BCUT2D eigenvalue weighted by Crippen LogP contribution is -1.81. The summed E-state index contributed by atoms with van der Waals surface area (Å²) in [5.41, 5.74) is 1.17. The molecule has 0 aromatic carbocycles. The highest BCUT2D eigenvalue weighted by Crippen LogP contribution is 1.96. The lowest BCUT2D eigenvalue weighted by Gasteiger charge is -1.91. The molecule has 0 aliphatic heterocycles. The predicted octanol–water partition coefficient (Wildman–Crippen LogP) is 1.50. The van der Waals surface area contributed by atoms with Gasteiger partial charge in [-0.15, -0.1) is 0 Å². The van der Waals surface area contributed by atoms with E-state index in [-0.39, 0.29) is 6.61 Å². The molecule has 0 fully saturated rings. The van der Waals surface area contributed by atoms with Crippen LogP contribution in [0.2, 0.25) is 0 Å². The van der Waals surface area contributed by atoms with E-state index in [2.05, 4.69) is 6.58 Å². The van der Waals surface area contributed by atoms with E-state index in [1.54, 1.807) is 6.08 Å². The Labute approximate surface area is 50.3 Å². The van der Waals surface area contributed by atoms with E-state index in [4.69, 9.17) is 5.11 Å². The average Bonchev–Trinajstić information content (AvgIpc) is 1.68. The Morgan fingerprint density at radius 1 is 1.75 bits per heavy atom. The van der Waals surface area contributed by atoms with E-state index < -0.39 is 0 Å². The van der Waals surface area contributed by atoms with Gasteiger partial charge in [0.1, 0.15) is 0 Å². The smallest absolute Gasteiger partial charge is 0.0468 e. The first-order chi connectivity index (χ1) is 3.81. The van der Waals surface area contributed by atoms with Gasteiger partial charge in [0.25, 0.3) is 0 Å². The van der Waals surface area contributed by atoms with Crippen molar-refractivity contribution in [3.05, 3.63) is 24.3 Å². The first-order valence-electron chi connectivity index (χ1n) is 2.70. The SMILES string of the molecule is C=C/C=C(/C)CCO. The molecule has 0 bridgehead atoms. The Bertz CT molecular complexity index is 92.6. The van der Waals surface area contributed by atoms with Crippen LogP contribution in [0.5, 0.6) is 0 Å². The van der Waals surface area contributed by atoms with Gasteiger partial charge >= 0.3 is 0 Å². The summed E-state index contributed by atoms with van der Waals surface area (Å²) in [5.74, 6) is 0. The summed E-state index contributed by atoms with van der Waals surface area (Å²) in [4.78, 5) is 0. The van der Waals surface area contributed by atoms with Crippen molar-refractivity contribution in [3.63, 3.8) is 0 Å². The molecule has 0 heterocycles. The summed E-state index contributed by atoms with van der Waals surface area (Å²) in [6.45, 7) is 5.73. The standard InChI is InChI=1S/C7H12O/c1-3-4-7(2)5-6-8/h3-4,8H,1,5-6H2,2H3/b7-4-. The second-order valence-corrected chi connectivity index (χ2v) is 1.72. The van der Waals surface area contributed by atoms with E-state index >= 15 is 0 Å². The van der Waals surface area contributed by atoms with Gasteiger partial charge in [0.05, 0.1) is 0 Å². The zero-order valence-corrected chi connectivity index (χ0v) is 5.22. The maximum absolute atomic E-state index is 8.39. The molecule has 0 aliphatic rings. The lowest BCUT2D eigenvalue weighted by molar-refractivity contribution is 0.299. The number of hydrogen-bond acceptors (Lipinski definition) is 1. The molecule has 8 heavy (non-hydrogen) atoms. The summed E-state index contributed by atoms with van der Waals surface area (Å²) in [6, 6.07) is 0. The minimum atomic E-state index is 0.232. The Hall–Kier alpha value is -0.560. The van der Waals surface area contributed by atoms with Crippen LogP contribution in [0.3, 0.4) is 0 Å². The minimum absolute atomic E-state index is 0.232. The number of allylic oxidation sites excluding steroid dienone is 2. The van der Waals surface area contributed by atoms with Crippen molar-refractivity contribution < 1.29 is 5.11 Å². The molecule has 0 rings (SSSR count). The zero-order valence-electron chi connectivity index (χ0n) is 5.22. The third-order valence-electron chi connectivity index (χ3n) is 0.909. The molecule has 0 radical (unpaired) electrons. The van der Waals surface area contributed by atoms with Gasteiger partial charge in [-0.25, -0.2) is 0 Å². The molecule has 0 unspecified atom stereocenters. The van der Waals surface area contributed by atoms with Gasteiger partial charge in [-0.2, -0.15) is 0 Å². The van der Waals surface area contributed by atoms with Gasteiger partial charge in [0.15, 0.2) is 0 Å². The zero-order chi connectivity index (χ0) is 6.41. The topological polar surface area (TPSA) is 20.2 Å². The molecule has 0 saturated heterocycles.